The Morgan fingerprint density at radius 2 is 1.85 bits per heavy atom. The average Bonchev–Trinajstić information content (AvgIpc) is 2.37. The Morgan fingerprint density at radius 3 is 2.35 bits per heavy atom. The van der Waals surface area contributed by atoms with Crippen LogP contribution in [-0.2, 0) is 14.6 Å². The quantitative estimate of drug-likeness (QED) is 0.502. The number of hydrogen-bond donors (Lipinski definition) is 2. The number of anilines is 1. The Bertz CT molecular complexity index is 648. The van der Waals surface area contributed by atoms with Crippen LogP contribution in [0.5, 0.6) is 0 Å². The topological polar surface area (TPSA) is 95.8 Å². The van der Waals surface area contributed by atoms with Gasteiger partial charge in [-0.1, -0.05) is 23.4 Å². The minimum absolute atomic E-state index is 0.318. The number of nitrogens with one attached hydrogen (secondary N) is 1. The van der Waals surface area contributed by atoms with Crippen LogP contribution in [0.3, 0.4) is 0 Å². The number of nitrogens with zero attached hydrogens (tertiary/aromatic N) is 1. The smallest absolute Gasteiger partial charge is 0.245 e. The molecule has 0 aliphatic heterocycles. The average molecular weight is 298 g/mol. The van der Waals surface area contributed by atoms with E-state index in [0.29, 0.717) is 17.0 Å². The second-order valence-electron chi connectivity index (χ2n) is 4.97. The highest BCUT2D eigenvalue weighted by atomic mass is 32.2. The van der Waals surface area contributed by atoms with Gasteiger partial charge in [-0.25, -0.2) is 8.42 Å². The van der Waals surface area contributed by atoms with Crippen LogP contribution in [0.15, 0.2) is 29.4 Å². The lowest BCUT2D eigenvalue weighted by atomic mass is 10.1. The van der Waals surface area contributed by atoms with Gasteiger partial charge in [0.1, 0.15) is 4.75 Å². The first-order valence-corrected chi connectivity index (χ1v) is 7.79. The van der Waals surface area contributed by atoms with Crippen LogP contribution in [0, 0.1) is 0 Å². The third-order valence-corrected chi connectivity index (χ3v) is 5.23. The molecule has 6 nitrogen and oxygen atoms in total. The Hall–Kier alpha value is -1.89. The maximum atomic E-state index is 12.2. The van der Waals surface area contributed by atoms with Crippen molar-refractivity contribution in [3.05, 3.63) is 29.8 Å². The van der Waals surface area contributed by atoms with Crippen molar-refractivity contribution in [2.45, 2.75) is 25.5 Å². The van der Waals surface area contributed by atoms with Crippen LogP contribution in [0.25, 0.3) is 0 Å². The van der Waals surface area contributed by atoms with E-state index in [1.807, 2.05) is 0 Å². The summed E-state index contributed by atoms with van der Waals surface area (Å²) < 4.78 is 21.7. The normalized spacial score (nSPS) is 13.1. The molecule has 0 saturated carbocycles. The van der Waals surface area contributed by atoms with Crippen molar-refractivity contribution in [2.75, 3.05) is 11.6 Å². The SMILES string of the molecule is CC(=NO)c1ccccc1NC(=O)C(C)(C)S(C)(=O)=O. The van der Waals surface area contributed by atoms with E-state index < -0.39 is 20.5 Å². The van der Waals surface area contributed by atoms with E-state index in [4.69, 9.17) is 5.21 Å². The fraction of sp³-hybridized carbons (Fsp3) is 0.385. The molecule has 0 spiro atoms. The van der Waals surface area contributed by atoms with Crippen LogP contribution in [-0.4, -0.2) is 36.2 Å². The van der Waals surface area contributed by atoms with Crippen LogP contribution in [0.2, 0.25) is 0 Å². The molecule has 0 aliphatic carbocycles. The van der Waals surface area contributed by atoms with E-state index in [2.05, 4.69) is 10.5 Å². The lowest BCUT2D eigenvalue weighted by Crippen LogP contribution is -2.44. The summed E-state index contributed by atoms with van der Waals surface area (Å²) >= 11 is 0. The van der Waals surface area contributed by atoms with E-state index in [1.165, 1.54) is 13.8 Å². The summed E-state index contributed by atoms with van der Waals surface area (Å²) in [7, 11) is -3.55. The van der Waals surface area contributed by atoms with E-state index in [1.54, 1.807) is 31.2 Å². The summed E-state index contributed by atoms with van der Waals surface area (Å²) in [5.74, 6) is -0.641. The first kappa shape index (κ1) is 16.2. The molecular formula is C13H18N2O4S. The van der Waals surface area contributed by atoms with Gasteiger partial charge < -0.3 is 10.5 Å². The maximum absolute atomic E-state index is 12.2. The third kappa shape index (κ3) is 3.16. The molecule has 0 heterocycles. The third-order valence-electron chi connectivity index (χ3n) is 3.19. The molecule has 0 aromatic heterocycles. The number of para-hydroxylation sites is 1. The molecule has 110 valence electrons. The number of hydrogen-bond acceptors (Lipinski definition) is 5. The summed E-state index contributed by atoms with van der Waals surface area (Å²) in [5, 5.41) is 14.5. The first-order chi connectivity index (χ1) is 9.11. The van der Waals surface area contributed by atoms with Gasteiger partial charge in [0.05, 0.1) is 5.71 Å². The lowest BCUT2D eigenvalue weighted by Gasteiger charge is -2.22. The highest BCUT2D eigenvalue weighted by molar-refractivity contribution is 7.92. The predicted molar refractivity (Wildman–Crippen MR) is 78.0 cm³/mol. The number of oxime groups is 1. The van der Waals surface area contributed by atoms with Crippen molar-refractivity contribution in [3.63, 3.8) is 0 Å². The van der Waals surface area contributed by atoms with Gasteiger partial charge in [-0.2, -0.15) is 0 Å². The standard InChI is InChI=1S/C13H18N2O4S/c1-9(15-17)10-7-5-6-8-11(10)14-12(16)13(2,3)20(4,18)19/h5-8,17H,1-4H3,(H,14,16). The fourth-order valence-corrected chi connectivity index (χ4v) is 1.79. The van der Waals surface area contributed by atoms with Gasteiger partial charge in [0, 0.05) is 17.5 Å². The van der Waals surface area contributed by atoms with Gasteiger partial charge in [0.25, 0.3) is 0 Å². The number of benzene rings is 1. The van der Waals surface area contributed by atoms with E-state index in [9.17, 15) is 13.2 Å². The van der Waals surface area contributed by atoms with Gasteiger partial charge in [0.2, 0.25) is 5.91 Å². The van der Waals surface area contributed by atoms with Gasteiger partial charge in [0.15, 0.2) is 9.84 Å². The van der Waals surface area contributed by atoms with Crippen LogP contribution >= 0.6 is 0 Å². The molecule has 1 amide bonds. The molecule has 2 N–H and O–H groups in total. The Balaban J connectivity index is 3.16. The zero-order valence-corrected chi connectivity index (χ0v) is 12.7. The van der Waals surface area contributed by atoms with E-state index in [0.717, 1.165) is 6.26 Å². The molecule has 0 fully saturated rings. The first-order valence-electron chi connectivity index (χ1n) is 5.90. The van der Waals surface area contributed by atoms with Crippen molar-refractivity contribution >= 4 is 27.1 Å². The van der Waals surface area contributed by atoms with Crippen molar-refractivity contribution in [3.8, 4) is 0 Å². The Morgan fingerprint density at radius 1 is 1.30 bits per heavy atom. The van der Waals surface area contributed by atoms with Gasteiger partial charge in [-0.3, -0.25) is 4.79 Å². The largest absolute Gasteiger partial charge is 0.411 e. The van der Waals surface area contributed by atoms with E-state index in [-0.39, 0.29) is 0 Å². The number of carbonyl (C=O) groups is 1. The molecule has 0 aliphatic rings. The summed E-state index contributed by atoms with van der Waals surface area (Å²) in [5.41, 5.74) is 1.23. The molecule has 1 aromatic rings. The summed E-state index contributed by atoms with van der Waals surface area (Å²) in [6.07, 6.45) is 1.01. The monoisotopic (exact) mass is 298 g/mol. The Kier molecular flexibility index (Phi) is 4.54. The summed E-state index contributed by atoms with van der Waals surface area (Å²) in [4.78, 5) is 12.2. The highest BCUT2D eigenvalue weighted by Gasteiger charge is 2.38. The minimum atomic E-state index is -3.55. The molecule has 0 bridgehead atoms. The zero-order chi connectivity index (χ0) is 15.6. The lowest BCUT2D eigenvalue weighted by molar-refractivity contribution is -0.117. The number of sulfone groups is 1. The predicted octanol–water partition coefficient (Wildman–Crippen LogP) is 1.65. The van der Waals surface area contributed by atoms with Crippen molar-refractivity contribution in [2.24, 2.45) is 5.16 Å². The molecule has 1 rings (SSSR count). The van der Waals surface area contributed by atoms with Crippen molar-refractivity contribution in [1.29, 1.82) is 0 Å². The van der Waals surface area contributed by atoms with Crippen LogP contribution < -0.4 is 5.32 Å². The molecule has 1 aromatic carbocycles. The second-order valence-corrected chi connectivity index (χ2v) is 7.53. The number of amides is 1. The molecule has 0 atom stereocenters. The molecule has 0 radical (unpaired) electrons. The zero-order valence-electron chi connectivity index (χ0n) is 11.8. The van der Waals surface area contributed by atoms with E-state index >= 15 is 0 Å². The van der Waals surface area contributed by atoms with Crippen molar-refractivity contribution < 1.29 is 18.4 Å². The van der Waals surface area contributed by atoms with Gasteiger partial charge in [-0.15, -0.1) is 0 Å². The molecule has 0 saturated heterocycles. The maximum Gasteiger partial charge on any atom is 0.245 e. The Labute approximate surface area is 118 Å². The molecular weight excluding hydrogens is 280 g/mol. The number of carbonyl (C=O) groups excluding carboxylic acids is 1. The number of rotatable bonds is 4. The summed E-state index contributed by atoms with van der Waals surface area (Å²) in [6, 6.07) is 6.69. The van der Waals surface area contributed by atoms with Gasteiger partial charge in [-0.05, 0) is 26.8 Å². The molecule has 20 heavy (non-hydrogen) atoms. The van der Waals surface area contributed by atoms with Crippen molar-refractivity contribution in [1.82, 2.24) is 0 Å². The fourth-order valence-electron chi connectivity index (χ4n) is 1.40. The highest BCUT2D eigenvalue weighted by Crippen LogP contribution is 2.21. The summed E-state index contributed by atoms with van der Waals surface area (Å²) in [6.45, 7) is 4.26. The van der Waals surface area contributed by atoms with Crippen LogP contribution in [0.4, 0.5) is 5.69 Å². The van der Waals surface area contributed by atoms with Gasteiger partial charge >= 0.3 is 0 Å². The minimum Gasteiger partial charge on any atom is -0.411 e. The molecule has 7 heteroatoms. The van der Waals surface area contributed by atoms with Crippen LogP contribution in [0.1, 0.15) is 26.3 Å². The molecule has 0 unspecified atom stereocenters. The second kappa shape index (κ2) is 5.62.